The van der Waals surface area contributed by atoms with Crippen molar-refractivity contribution < 1.29 is 4.79 Å². The van der Waals surface area contributed by atoms with E-state index in [0.717, 1.165) is 25.0 Å². The molecule has 0 saturated heterocycles. The van der Waals surface area contributed by atoms with E-state index in [-0.39, 0.29) is 5.54 Å². The first-order chi connectivity index (χ1) is 10.6. The van der Waals surface area contributed by atoms with E-state index in [1.807, 2.05) is 0 Å². The highest BCUT2D eigenvalue weighted by Gasteiger charge is 2.28. The van der Waals surface area contributed by atoms with Crippen molar-refractivity contribution in [2.75, 3.05) is 5.32 Å². The zero-order chi connectivity index (χ0) is 15.6. The van der Waals surface area contributed by atoms with Gasteiger partial charge in [-0.25, -0.2) is 9.97 Å². The highest BCUT2D eigenvalue weighted by Crippen LogP contribution is 2.32. The molecule has 0 aromatic carbocycles. The predicted molar refractivity (Wildman–Crippen MR) is 86.7 cm³/mol. The number of amides is 1. The molecule has 5 heteroatoms. The molecule has 1 heterocycles. The third-order valence-electron chi connectivity index (χ3n) is 5.21. The Bertz CT molecular complexity index is 548. The Labute approximate surface area is 132 Å². The summed E-state index contributed by atoms with van der Waals surface area (Å²) in [4.78, 5) is 20.6. The predicted octanol–water partition coefficient (Wildman–Crippen LogP) is 3.05. The highest BCUT2D eigenvalue weighted by atomic mass is 16.1. The number of hydrogen-bond acceptors (Lipinski definition) is 4. The number of carbonyl (C=O) groups is 1. The molecule has 0 spiro atoms. The van der Waals surface area contributed by atoms with E-state index < -0.39 is 5.91 Å². The molecule has 1 amide bonds. The van der Waals surface area contributed by atoms with Crippen LogP contribution in [0.3, 0.4) is 0 Å². The summed E-state index contributed by atoms with van der Waals surface area (Å²) in [6.45, 7) is 2.24. The molecule has 2 fully saturated rings. The molecule has 0 bridgehead atoms. The van der Waals surface area contributed by atoms with Gasteiger partial charge in [0.25, 0.3) is 5.91 Å². The minimum absolute atomic E-state index is 0.0697. The van der Waals surface area contributed by atoms with E-state index in [1.54, 1.807) is 6.20 Å². The van der Waals surface area contributed by atoms with E-state index in [4.69, 9.17) is 5.73 Å². The topological polar surface area (TPSA) is 80.9 Å². The van der Waals surface area contributed by atoms with Crippen LogP contribution >= 0.6 is 0 Å². The maximum Gasteiger partial charge on any atom is 0.252 e. The van der Waals surface area contributed by atoms with Crippen LogP contribution in [-0.2, 0) is 6.42 Å². The smallest absolute Gasteiger partial charge is 0.252 e. The van der Waals surface area contributed by atoms with Gasteiger partial charge in [-0.15, -0.1) is 0 Å². The van der Waals surface area contributed by atoms with Gasteiger partial charge in [0, 0.05) is 11.7 Å². The van der Waals surface area contributed by atoms with Crippen LogP contribution in [0.1, 0.15) is 74.3 Å². The Morgan fingerprint density at radius 1 is 1.32 bits per heavy atom. The van der Waals surface area contributed by atoms with Gasteiger partial charge in [0.2, 0.25) is 5.95 Å². The standard InChI is InChI=1S/C17H26N4O/c1-17(8-3-2-4-9-17)21-16-19-11-13(15(18)22)14(20-16)10-12-6-5-7-12/h11-12H,2-10H2,1H3,(H2,18,22)(H,19,20,21). The van der Waals surface area contributed by atoms with Gasteiger partial charge in [-0.2, -0.15) is 0 Å². The van der Waals surface area contributed by atoms with Crippen LogP contribution in [0.2, 0.25) is 0 Å². The SMILES string of the molecule is CC1(Nc2ncc(C(N)=O)c(CC3CCC3)n2)CCCCC1. The van der Waals surface area contributed by atoms with Crippen molar-refractivity contribution in [1.82, 2.24) is 9.97 Å². The fourth-order valence-corrected chi connectivity index (χ4v) is 3.54. The van der Waals surface area contributed by atoms with Crippen LogP contribution in [-0.4, -0.2) is 21.4 Å². The number of hydrogen-bond donors (Lipinski definition) is 2. The molecule has 0 unspecified atom stereocenters. The lowest BCUT2D eigenvalue weighted by Crippen LogP contribution is -2.37. The molecule has 3 rings (SSSR count). The van der Waals surface area contributed by atoms with E-state index in [0.29, 0.717) is 17.4 Å². The number of primary amides is 1. The van der Waals surface area contributed by atoms with Crippen molar-refractivity contribution in [2.45, 2.75) is 70.3 Å². The number of nitrogens with zero attached hydrogens (tertiary/aromatic N) is 2. The Hall–Kier alpha value is -1.65. The largest absolute Gasteiger partial charge is 0.365 e. The summed E-state index contributed by atoms with van der Waals surface area (Å²) in [6, 6.07) is 0. The molecule has 120 valence electrons. The first-order valence-corrected chi connectivity index (χ1v) is 8.50. The quantitative estimate of drug-likeness (QED) is 0.876. The fraction of sp³-hybridized carbons (Fsp3) is 0.706. The van der Waals surface area contributed by atoms with Gasteiger partial charge in [-0.05, 0) is 32.1 Å². The van der Waals surface area contributed by atoms with Gasteiger partial charge < -0.3 is 11.1 Å². The summed E-state index contributed by atoms with van der Waals surface area (Å²) in [7, 11) is 0. The van der Waals surface area contributed by atoms with Crippen LogP contribution in [0, 0.1) is 5.92 Å². The molecule has 1 aromatic heterocycles. The first-order valence-electron chi connectivity index (χ1n) is 8.50. The first kappa shape index (κ1) is 15.3. The van der Waals surface area contributed by atoms with Crippen molar-refractivity contribution in [3.63, 3.8) is 0 Å². The second kappa shape index (κ2) is 6.23. The van der Waals surface area contributed by atoms with Gasteiger partial charge in [-0.3, -0.25) is 4.79 Å². The summed E-state index contributed by atoms with van der Waals surface area (Å²) in [5, 5.41) is 3.50. The second-order valence-electron chi connectivity index (χ2n) is 7.17. The number of anilines is 1. The second-order valence-corrected chi connectivity index (χ2v) is 7.17. The monoisotopic (exact) mass is 302 g/mol. The van der Waals surface area contributed by atoms with Crippen LogP contribution in [0.25, 0.3) is 0 Å². The van der Waals surface area contributed by atoms with Gasteiger partial charge in [0.15, 0.2) is 0 Å². The Kier molecular flexibility index (Phi) is 4.32. The van der Waals surface area contributed by atoms with Crippen molar-refractivity contribution in [1.29, 1.82) is 0 Å². The molecule has 22 heavy (non-hydrogen) atoms. The number of nitrogens with one attached hydrogen (secondary N) is 1. The zero-order valence-corrected chi connectivity index (χ0v) is 13.4. The Balaban J connectivity index is 1.79. The lowest BCUT2D eigenvalue weighted by Gasteiger charge is -2.34. The molecule has 2 aliphatic carbocycles. The summed E-state index contributed by atoms with van der Waals surface area (Å²) in [5.41, 5.74) is 6.83. The maximum absolute atomic E-state index is 11.6. The normalized spacial score (nSPS) is 21.1. The molecule has 2 saturated carbocycles. The molecule has 1 aromatic rings. The molecule has 0 aliphatic heterocycles. The van der Waals surface area contributed by atoms with Crippen molar-refractivity contribution >= 4 is 11.9 Å². The molecular formula is C17H26N4O. The minimum Gasteiger partial charge on any atom is -0.365 e. The molecule has 3 N–H and O–H groups in total. The summed E-state index contributed by atoms with van der Waals surface area (Å²) >= 11 is 0. The van der Waals surface area contributed by atoms with Crippen LogP contribution in [0.5, 0.6) is 0 Å². The Morgan fingerprint density at radius 2 is 2.05 bits per heavy atom. The lowest BCUT2D eigenvalue weighted by molar-refractivity contribution is 0.0998. The van der Waals surface area contributed by atoms with Crippen molar-refractivity contribution in [3.8, 4) is 0 Å². The summed E-state index contributed by atoms with van der Waals surface area (Å²) < 4.78 is 0. The van der Waals surface area contributed by atoms with Gasteiger partial charge in [-0.1, -0.05) is 38.5 Å². The lowest BCUT2D eigenvalue weighted by atomic mass is 9.81. The molecular weight excluding hydrogens is 276 g/mol. The number of aromatic nitrogens is 2. The third-order valence-corrected chi connectivity index (χ3v) is 5.21. The summed E-state index contributed by atoms with van der Waals surface area (Å²) in [5.74, 6) is 0.861. The van der Waals surface area contributed by atoms with Gasteiger partial charge in [0.05, 0.1) is 11.3 Å². The average Bonchev–Trinajstić information content (AvgIpc) is 2.43. The van der Waals surface area contributed by atoms with Crippen molar-refractivity contribution in [2.24, 2.45) is 11.7 Å². The van der Waals surface area contributed by atoms with Crippen molar-refractivity contribution in [3.05, 3.63) is 17.5 Å². The number of nitrogens with two attached hydrogens (primary N) is 1. The number of rotatable bonds is 5. The van der Waals surface area contributed by atoms with E-state index in [2.05, 4.69) is 22.2 Å². The molecule has 0 radical (unpaired) electrons. The van der Waals surface area contributed by atoms with E-state index in [9.17, 15) is 4.79 Å². The third kappa shape index (κ3) is 3.39. The van der Waals surface area contributed by atoms with Crippen LogP contribution < -0.4 is 11.1 Å². The summed E-state index contributed by atoms with van der Waals surface area (Å²) in [6.07, 6.45) is 12.3. The van der Waals surface area contributed by atoms with Gasteiger partial charge in [0.1, 0.15) is 0 Å². The fourth-order valence-electron chi connectivity index (χ4n) is 3.54. The van der Waals surface area contributed by atoms with Crippen LogP contribution in [0.15, 0.2) is 6.20 Å². The molecule has 0 atom stereocenters. The van der Waals surface area contributed by atoms with Gasteiger partial charge >= 0.3 is 0 Å². The highest BCUT2D eigenvalue weighted by molar-refractivity contribution is 5.93. The Morgan fingerprint density at radius 3 is 2.64 bits per heavy atom. The number of carbonyl (C=O) groups excluding carboxylic acids is 1. The molecule has 2 aliphatic rings. The minimum atomic E-state index is -0.426. The zero-order valence-electron chi connectivity index (χ0n) is 13.4. The van der Waals surface area contributed by atoms with E-state index >= 15 is 0 Å². The average molecular weight is 302 g/mol. The molecule has 5 nitrogen and oxygen atoms in total. The van der Waals surface area contributed by atoms with Crippen LogP contribution in [0.4, 0.5) is 5.95 Å². The maximum atomic E-state index is 11.6. The van der Waals surface area contributed by atoms with E-state index in [1.165, 1.54) is 38.5 Å².